The van der Waals surface area contributed by atoms with E-state index in [0.717, 1.165) is 5.56 Å². The first-order valence-corrected chi connectivity index (χ1v) is 4.66. The van der Waals surface area contributed by atoms with Crippen LogP contribution in [0.25, 0.3) is 0 Å². The molecule has 2 rings (SSSR count). The molecule has 78 valence electrons. The Hall–Kier alpha value is -1.84. The summed E-state index contributed by atoms with van der Waals surface area (Å²) in [4.78, 5) is 22.1. The second kappa shape index (κ2) is 3.73. The first kappa shape index (κ1) is 9.71. The highest BCUT2D eigenvalue weighted by Gasteiger charge is 2.39. The second-order valence-corrected chi connectivity index (χ2v) is 3.46. The number of aliphatic carboxylic acids is 1. The largest absolute Gasteiger partial charge is 0.479 e. The first-order valence-electron chi connectivity index (χ1n) is 4.66. The number of cyclic esters (lactones) is 1. The zero-order valence-corrected chi connectivity index (χ0v) is 7.92. The van der Waals surface area contributed by atoms with Gasteiger partial charge in [-0.1, -0.05) is 30.3 Å². The zero-order chi connectivity index (χ0) is 10.8. The predicted octanol–water partition coefficient (Wildman–Crippen LogP) is 1.17. The molecule has 1 saturated heterocycles. The molecule has 0 radical (unpaired) electrons. The van der Waals surface area contributed by atoms with Gasteiger partial charge in [-0.2, -0.15) is 0 Å². The number of hydrogen-bond acceptors (Lipinski definition) is 3. The van der Waals surface area contributed by atoms with Crippen LogP contribution < -0.4 is 0 Å². The Labute approximate surface area is 86.5 Å². The van der Waals surface area contributed by atoms with E-state index in [1.807, 2.05) is 18.2 Å². The van der Waals surface area contributed by atoms with E-state index in [-0.39, 0.29) is 6.42 Å². The van der Waals surface area contributed by atoms with E-state index in [1.54, 1.807) is 12.1 Å². The van der Waals surface area contributed by atoms with Gasteiger partial charge in [0.1, 0.15) is 0 Å². The number of ether oxygens (including phenoxy) is 1. The van der Waals surface area contributed by atoms with Crippen LogP contribution in [0.4, 0.5) is 0 Å². The van der Waals surface area contributed by atoms with Crippen molar-refractivity contribution >= 4 is 11.9 Å². The number of rotatable bonds is 2. The van der Waals surface area contributed by atoms with Crippen molar-refractivity contribution in [1.82, 2.24) is 0 Å². The van der Waals surface area contributed by atoms with Gasteiger partial charge in [0.2, 0.25) is 0 Å². The first-order chi connectivity index (χ1) is 7.18. The van der Waals surface area contributed by atoms with Crippen molar-refractivity contribution < 1.29 is 19.4 Å². The van der Waals surface area contributed by atoms with Crippen LogP contribution in [-0.2, 0) is 14.3 Å². The van der Waals surface area contributed by atoms with Gasteiger partial charge < -0.3 is 9.84 Å². The van der Waals surface area contributed by atoms with Crippen LogP contribution >= 0.6 is 0 Å². The third kappa shape index (κ3) is 1.83. The highest BCUT2D eigenvalue weighted by molar-refractivity contribution is 5.86. The molecule has 0 amide bonds. The number of esters is 1. The van der Waals surface area contributed by atoms with Gasteiger partial charge in [-0.05, 0) is 5.56 Å². The van der Waals surface area contributed by atoms with E-state index < -0.39 is 24.0 Å². The maximum absolute atomic E-state index is 11.4. The Morgan fingerprint density at radius 1 is 1.33 bits per heavy atom. The Bertz CT molecular complexity index is 385. The molecule has 0 aliphatic carbocycles. The summed E-state index contributed by atoms with van der Waals surface area (Å²) in [5.74, 6) is -1.97. The third-order valence-electron chi connectivity index (χ3n) is 2.47. The maximum Gasteiger partial charge on any atom is 0.345 e. The van der Waals surface area contributed by atoms with Crippen LogP contribution in [0.3, 0.4) is 0 Å². The SMILES string of the molecule is O=C(O)[C@@H]1C[C@H](c2ccccc2)C(=O)O1. The van der Waals surface area contributed by atoms with Crippen LogP contribution in [0.2, 0.25) is 0 Å². The number of carbonyl (C=O) groups is 2. The molecule has 1 heterocycles. The van der Waals surface area contributed by atoms with Crippen molar-refractivity contribution in [3.05, 3.63) is 35.9 Å². The summed E-state index contributed by atoms with van der Waals surface area (Å²) in [6, 6.07) is 9.08. The summed E-state index contributed by atoms with van der Waals surface area (Å²) < 4.78 is 4.75. The molecule has 1 aliphatic heterocycles. The number of carbonyl (C=O) groups excluding carboxylic acids is 1. The molecule has 0 unspecified atom stereocenters. The highest BCUT2D eigenvalue weighted by atomic mass is 16.6. The fourth-order valence-electron chi connectivity index (χ4n) is 1.69. The molecule has 0 saturated carbocycles. The molecule has 1 aliphatic rings. The number of benzene rings is 1. The second-order valence-electron chi connectivity index (χ2n) is 3.46. The fourth-order valence-corrected chi connectivity index (χ4v) is 1.69. The lowest BCUT2D eigenvalue weighted by molar-refractivity contribution is -0.157. The number of hydrogen-bond donors (Lipinski definition) is 1. The molecule has 0 aromatic heterocycles. The van der Waals surface area contributed by atoms with Gasteiger partial charge in [0, 0.05) is 6.42 Å². The molecule has 1 aromatic rings. The van der Waals surface area contributed by atoms with Crippen molar-refractivity contribution in [2.24, 2.45) is 0 Å². The Morgan fingerprint density at radius 3 is 2.53 bits per heavy atom. The van der Waals surface area contributed by atoms with E-state index in [1.165, 1.54) is 0 Å². The number of carboxylic acid groups (broad SMARTS) is 1. The van der Waals surface area contributed by atoms with Crippen molar-refractivity contribution in [1.29, 1.82) is 0 Å². The standard InChI is InChI=1S/C11H10O4/c12-10(13)9-6-8(11(14)15-9)7-4-2-1-3-5-7/h1-5,8-9H,6H2,(H,12,13)/t8-,9+/m1/s1. The third-order valence-corrected chi connectivity index (χ3v) is 2.47. The zero-order valence-electron chi connectivity index (χ0n) is 7.92. The minimum absolute atomic E-state index is 0.220. The Kier molecular flexibility index (Phi) is 2.41. The van der Waals surface area contributed by atoms with Crippen LogP contribution in [0, 0.1) is 0 Å². The molecule has 15 heavy (non-hydrogen) atoms. The molecule has 1 N–H and O–H groups in total. The highest BCUT2D eigenvalue weighted by Crippen LogP contribution is 2.30. The van der Waals surface area contributed by atoms with Gasteiger partial charge in [0.05, 0.1) is 5.92 Å². The summed E-state index contributed by atoms with van der Waals surface area (Å²) >= 11 is 0. The quantitative estimate of drug-likeness (QED) is 0.738. The molecule has 4 heteroatoms. The van der Waals surface area contributed by atoms with Crippen molar-refractivity contribution in [3.63, 3.8) is 0 Å². The summed E-state index contributed by atoms with van der Waals surface area (Å²) in [6.07, 6.45) is -0.777. The van der Waals surface area contributed by atoms with Gasteiger partial charge in [0.15, 0.2) is 6.10 Å². The normalized spacial score (nSPS) is 24.9. The Morgan fingerprint density at radius 2 is 2.00 bits per heavy atom. The summed E-state index contributed by atoms with van der Waals surface area (Å²) in [5.41, 5.74) is 0.811. The average Bonchev–Trinajstić information content (AvgIpc) is 2.62. The van der Waals surface area contributed by atoms with Crippen molar-refractivity contribution in [3.8, 4) is 0 Å². The molecule has 2 atom stereocenters. The van der Waals surface area contributed by atoms with Gasteiger partial charge in [0.25, 0.3) is 0 Å². The molecular weight excluding hydrogens is 196 g/mol. The summed E-state index contributed by atoms with van der Waals surface area (Å²) in [5, 5.41) is 8.72. The monoisotopic (exact) mass is 206 g/mol. The van der Waals surface area contributed by atoms with Crippen LogP contribution in [-0.4, -0.2) is 23.1 Å². The van der Waals surface area contributed by atoms with Crippen LogP contribution in [0.1, 0.15) is 17.9 Å². The lowest BCUT2D eigenvalue weighted by Gasteiger charge is -2.03. The predicted molar refractivity (Wildman–Crippen MR) is 51.3 cm³/mol. The van der Waals surface area contributed by atoms with Gasteiger partial charge in [-0.15, -0.1) is 0 Å². The van der Waals surface area contributed by atoms with Crippen molar-refractivity contribution in [2.45, 2.75) is 18.4 Å². The molecule has 0 bridgehead atoms. The smallest absolute Gasteiger partial charge is 0.345 e. The Balaban J connectivity index is 2.19. The van der Waals surface area contributed by atoms with Crippen molar-refractivity contribution in [2.75, 3.05) is 0 Å². The van der Waals surface area contributed by atoms with Gasteiger partial charge in [-0.3, -0.25) is 4.79 Å². The van der Waals surface area contributed by atoms with Crippen LogP contribution in [0.15, 0.2) is 30.3 Å². The molecule has 4 nitrogen and oxygen atoms in total. The van der Waals surface area contributed by atoms with E-state index in [2.05, 4.69) is 0 Å². The van der Waals surface area contributed by atoms with Crippen LogP contribution in [0.5, 0.6) is 0 Å². The van der Waals surface area contributed by atoms with E-state index in [9.17, 15) is 9.59 Å². The van der Waals surface area contributed by atoms with Gasteiger partial charge >= 0.3 is 11.9 Å². The lowest BCUT2D eigenvalue weighted by atomic mass is 9.96. The fraction of sp³-hybridized carbons (Fsp3) is 0.273. The van der Waals surface area contributed by atoms with E-state index in [4.69, 9.17) is 9.84 Å². The molecular formula is C11H10O4. The summed E-state index contributed by atoms with van der Waals surface area (Å²) in [6.45, 7) is 0. The van der Waals surface area contributed by atoms with Gasteiger partial charge in [-0.25, -0.2) is 4.79 Å². The summed E-state index contributed by atoms with van der Waals surface area (Å²) in [7, 11) is 0. The number of carboxylic acids is 1. The maximum atomic E-state index is 11.4. The molecule has 1 aromatic carbocycles. The van der Waals surface area contributed by atoms with E-state index in [0.29, 0.717) is 0 Å². The topological polar surface area (TPSA) is 63.6 Å². The lowest BCUT2D eigenvalue weighted by Crippen LogP contribution is -2.18. The average molecular weight is 206 g/mol. The minimum Gasteiger partial charge on any atom is -0.479 e. The van der Waals surface area contributed by atoms with E-state index >= 15 is 0 Å². The minimum atomic E-state index is -1.08. The molecule has 1 fully saturated rings. The molecule has 0 spiro atoms.